The van der Waals surface area contributed by atoms with Gasteiger partial charge in [-0.25, -0.2) is 4.98 Å². The lowest BCUT2D eigenvalue weighted by Crippen LogP contribution is -1.93. The van der Waals surface area contributed by atoms with Crippen molar-refractivity contribution in [2.45, 2.75) is 0 Å². The Morgan fingerprint density at radius 1 is 1.75 bits per heavy atom. The van der Waals surface area contributed by atoms with Crippen LogP contribution in [0, 0.1) is 0 Å². The fourth-order valence-corrected chi connectivity index (χ4v) is 0.875. The Kier molecular flexibility index (Phi) is 2.58. The van der Waals surface area contributed by atoms with E-state index in [-0.39, 0.29) is 0 Å². The SMILES string of the molecule is C=CN=CC(=C)c1cncn1C. The highest BCUT2D eigenvalue weighted by Gasteiger charge is 1.98. The van der Waals surface area contributed by atoms with E-state index in [0.29, 0.717) is 0 Å². The van der Waals surface area contributed by atoms with Crippen LogP contribution in [0.4, 0.5) is 0 Å². The first kappa shape index (κ1) is 8.46. The first-order valence-corrected chi connectivity index (χ1v) is 3.55. The van der Waals surface area contributed by atoms with Crippen LogP contribution < -0.4 is 0 Å². The summed E-state index contributed by atoms with van der Waals surface area (Å²) in [5, 5.41) is 0. The Hall–Kier alpha value is -1.64. The average molecular weight is 161 g/mol. The maximum absolute atomic E-state index is 3.97. The Balaban J connectivity index is 2.85. The van der Waals surface area contributed by atoms with Crippen molar-refractivity contribution in [3.63, 3.8) is 0 Å². The second-order valence-electron chi connectivity index (χ2n) is 2.38. The molecule has 1 rings (SSSR count). The summed E-state index contributed by atoms with van der Waals surface area (Å²) in [6, 6.07) is 0. The smallest absolute Gasteiger partial charge is 0.0948 e. The first-order valence-electron chi connectivity index (χ1n) is 3.55. The number of hydrogen-bond acceptors (Lipinski definition) is 2. The standard InChI is InChI=1S/C9H11N3/c1-4-10-5-8(2)9-6-11-7-12(9)3/h4-7H,1-2H2,3H3. The molecule has 3 heteroatoms. The van der Waals surface area contributed by atoms with E-state index in [1.807, 2.05) is 11.6 Å². The van der Waals surface area contributed by atoms with Gasteiger partial charge in [0.25, 0.3) is 0 Å². The van der Waals surface area contributed by atoms with Crippen LogP contribution in [0.3, 0.4) is 0 Å². The number of aliphatic imine (C=N–C) groups is 1. The summed E-state index contributed by atoms with van der Waals surface area (Å²) >= 11 is 0. The molecule has 1 aromatic rings. The van der Waals surface area contributed by atoms with Gasteiger partial charge < -0.3 is 4.57 Å². The van der Waals surface area contributed by atoms with Crippen molar-refractivity contribution < 1.29 is 0 Å². The lowest BCUT2D eigenvalue weighted by Gasteiger charge is -1.98. The van der Waals surface area contributed by atoms with E-state index < -0.39 is 0 Å². The maximum Gasteiger partial charge on any atom is 0.0948 e. The minimum atomic E-state index is 0.829. The third-order valence-electron chi connectivity index (χ3n) is 1.48. The zero-order chi connectivity index (χ0) is 8.97. The quantitative estimate of drug-likeness (QED) is 0.620. The van der Waals surface area contributed by atoms with Crippen molar-refractivity contribution in [1.82, 2.24) is 9.55 Å². The summed E-state index contributed by atoms with van der Waals surface area (Å²) in [5.74, 6) is 0. The highest BCUT2D eigenvalue weighted by atomic mass is 15.0. The van der Waals surface area contributed by atoms with Gasteiger partial charge in [0.1, 0.15) is 0 Å². The molecular weight excluding hydrogens is 150 g/mol. The number of nitrogens with zero attached hydrogens (tertiary/aromatic N) is 3. The van der Waals surface area contributed by atoms with Crippen LogP contribution >= 0.6 is 0 Å². The van der Waals surface area contributed by atoms with Crippen molar-refractivity contribution in [3.05, 3.63) is 37.6 Å². The monoisotopic (exact) mass is 161 g/mol. The molecule has 0 radical (unpaired) electrons. The van der Waals surface area contributed by atoms with Gasteiger partial charge in [0.05, 0.1) is 18.2 Å². The van der Waals surface area contributed by atoms with E-state index in [1.165, 1.54) is 6.20 Å². The molecule has 62 valence electrons. The van der Waals surface area contributed by atoms with Crippen LogP contribution in [0.25, 0.3) is 5.57 Å². The van der Waals surface area contributed by atoms with E-state index >= 15 is 0 Å². The molecule has 0 aliphatic rings. The van der Waals surface area contributed by atoms with Gasteiger partial charge in [-0.1, -0.05) is 13.2 Å². The predicted octanol–water partition coefficient (Wildman–Crippen LogP) is 1.65. The van der Waals surface area contributed by atoms with Crippen LogP contribution in [0.5, 0.6) is 0 Å². The van der Waals surface area contributed by atoms with Crippen molar-refractivity contribution in [1.29, 1.82) is 0 Å². The normalized spacial score (nSPS) is 10.4. The van der Waals surface area contributed by atoms with E-state index in [1.54, 1.807) is 18.7 Å². The molecule has 1 aromatic heterocycles. The van der Waals surface area contributed by atoms with Gasteiger partial charge >= 0.3 is 0 Å². The Labute approximate surface area is 71.8 Å². The molecule has 1 heterocycles. The minimum Gasteiger partial charge on any atom is -0.334 e. The number of aryl methyl sites for hydroxylation is 1. The van der Waals surface area contributed by atoms with Crippen molar-refractivity contribution in [2.24, 2.45) is 12.0 Å². The summed E-state index contributed by atoms with van der Waals surface area (Å²) < 4.78 is 1.89. The fraction of sp³-hybridized carbons (Fsp3) is 0.111. The van der Waals surface area contributed by atoms with Gasteiger partial charge in [0.15, 0.2) is 0 Å². The lowest BCUT2D eigenvalue weighted by atomic mass is 10.2. The van der Waals surface area contributed by atoms with Gasteiger partial charge in [-0.05, 0) is 0 Å². The van der Waals surface area contributed by atoms with Gasteiger partial charge in [0.2, 0.25) is 0 Å². The fourth-order valence-electron chi connectivity index (χ4n) is 0.875. The third-order valence-corrected chi connectivity index (χ3v) is 1.48. The highest BCUT2D eigenvalue weighted by Crippen LogP contribution is 2.07. The molecule has 3 nitrogen and oxygen atoms in total. The van der Waals surface area contributed by atoms with Crippen molar-refractivity contribution >= 4 is 11.8 Å². The number of aromatic nitrogens is 2. The topological polar surface area (TPSA) is 30.2 Å². The lowest BCUT2D eigenvalue weighted by molar-refractivity contribution is 0.900. The molecule has 0 saturated carbocycles. The zero-order valence-electron chi connectivity index (χ0n) is 7.07. The molecule has 0 saturated heterocycles. The second-order valence-corrected chi connectivity index (χ2v) is 2.38. The summed E-state index contributed by atoms with van der Waals surface area (Å²) in [6.45, 7) is 7.31. The first-order chi connectivity index (χ1) is 5.75. The van der Waals surface area contributed by atoms with Gasteiger partial charge in [-0.15, -0.1) is 0 Å². The Bertz CT molecular complexity index is 320. The van der Waals surface area contributed by atoms with Crippen LogP contribution in [0.15, 0.2) is 36.9 Å². The minimum absolute atomic E-state index is 0.829. The zero-order valence-corrected chi connectivity index (χ0v) is 7.07. The van der Waals surface area contributed by atoms with E-state index in [0.717, 1.165) is 11.3 Å². The van der Waals surface area contributed by atoms with E-state index in [4.69, 9.17) is 0 Å². The molecule has 0 spiro atoms. The molecule has 0 fully saturated rings. The van der Waals surface area contributed by atoms with Gasteiger partial charge in [-0.3, -0.25) is 4.99 Å². The molecule has 12 heavy (non-hydrogen) atoms. The van der Waals surface area contributed by atoms with Crippen molar-refractivity contribution in [3.8, 4) is 0 Å². The molecule has 0 aliphatic heterocycles. The molecule has 0 aliphatic carbocycles. The summed E-state index contributed by atoms with van der Waals surface area (Å²) in [5.41, 5.74) is 1.79. The van der Waals surface area contributed by atoms with Crippen LogP contribution in [-0.4, -0.2) is 15.8 Å². The number of imidazole rings is 1. The van der Waals surface area contributed by atoms with Crippen LogP contribution in [-0.2, 0) is 7.05 Å². The summed E-state index contributed by atoms with van der Waals surface area (Å²) in [4.78, 5) is 7.83. The third kappa shape index (κ3) is 1.69. The average Bonchev–Trinajstić information content (AvgIpc) is 2.47. The number of rotatable bonds is 3. The molecule has 0 amide bonds. The van der Waals surface area contributed by atoms with E-state index in [2.05, 4.69) is 23.1 Å². The Morgan fingerprint density at radius 2 is 2.50 bits per heavy atom. The molecule has 0 unspecified atom stereocenters. The van der Waals surface area contributed by atoms with Gasteiger partial charge in [0, 0.05) is 25.0 Å². The number of hydrogen-bond donors (Lipinski definition) is 0. The number of allylic oxidation sites excluding steroid dienone is 1. The molecule has 0 N–H and O–H groups in total. The second kappa shape index (κ2) is 3.67. The highest BCUT2D eigenvalue weighted by molar-refractivity contribution is 6.08. The summed E-state index contributed by atoms with van der Waals surface area (Å²) in [6.07, 6.45) is 6.60. The Morgan fingerprint density at radius 3 is 3.00 bits per heavy atom. The molecule has 0 atom stereocenters. The largest absolute Gasteiger partial charge is 0.334 e. The van der Waals surface area contributed by atoms with Crippen LogP contribution in [0.1, 0.15) is 5.69 Å². The van der Waals surface area contributed by atoms with Crippen LogP contribution in [0.2, 0.25) is 0 Å². The molecular formula is C9H11N3. The van der Waals surface area contributed by atoms with Crippen molar-refractivity contribution in [2.75, 3.05) is 0 Å². The van der Waals surface area contributed by atoms with E-state index in [9.17, 15) is 0 Å². The van der Waals surface area contributed by atoms with Gasteiger partial charge in [-0.2, -0.15) is 0 Å². The molecule has 0 aromatic carbocycles. The predicted molar refractivity (Wildman–Crippen MR) is 50.9 cm³/mol. The molecule has 0 bridgehead atoms. The summed E-state index contributed by atoms with van der Waals surface area (Å²) in [7, 11) is 1.91. The maximum atomic E-state index is 3.97.